The summed E-state index contributed by atoms with van der Waals surface area (Å²) in [5, 5.41) is 2.66. The number of para-hydroxylation sites is 1. The molecular weight excluding hydrogens is 278 g/mol. The second-order valence-corrected chi connectivity index (χ2v) is 5.78. The molecule has 0 bridgehead atoms. The molecule has 0 saturated heterocycles. The molecule has 112 valence electrons. The Morgan fingerprint density at radius 1 is 0.696 bits per heavy atom. The lowest BCUT2D eigenvalue weighted by atomic mass is 10.1. The maximum atomic E-state index is 2.38. The number of aryl methyl sites for hydroxylation is 1. The fourth-order valence-electron chi connectivity index (χ4n) is 3.27. The molecule has 0 spiro atoms. The summed E-state index contributed by atoms with van der Waals surface area (Å²) in [6.45, 7) is 3.19. The zero-order chi connectivity index (χ0) is 15.6. The zero-order valence-electron chi connectivity index (χ0n) is 13.2. The van der Waals surface area contributed by atoms with Gasteiger partial charge in [-0.2, -0.15) is 0 Å². The quantitative estimate of drug-likeness (QED) is 0.410. The Bertz CT molecular complexity index is 991. The van der Waals surface area contributed by atoms with Crippen LogP contribution in [-0.2, 0) is 6.54 Å². The van der Waals surface area contributed by atoms with E-state index in [0.717, 1.165) is 6.54 Å². The van der Waals surface area contributed by atoms with Crippen molar-refractivity contribution in [3.63, 3.8) is 0 Å². The van der Waals surface area contributed by atoms with E-state index in [1.54, 1.807) is 0 Å². The molecule has 1 nitrogen and oxygen atoms in total. The second-order valence-electron chi connectivity index (χ2n) is 5.78. The van der Waals surface area contributed by atoms with Gasteiger partial charge in [-0.3, -0.25) is 0 Å². The number of fused-ring (bicyclic) bond motifs is 3. The Labute approximate surface area is 136 Å². The molecule has 0 N–H and O–H groups in total. The van der Waals surface area contributed by atoms with E-state index in [9.17, 15) is 0 Å². The third kappa shape index (κ3) is 2.44. The van der Waals surface area contributed by atoms with Gasteiger partial charge in [-0.25, -0.2) is 0 Å². The van der Waals surface area contributed by atoms with E-state index >= 15 is 0 Å². The molecule has 0 aliphatic heterocycles. The van der Waals surface area contributed by atoms with E-state index in [4.69, 9.17) is 0 Å². The van der Waals surface area contributed by atoms with Crippen molar-refractivity contribution in [1.82, 2.24) is 4.57 Å². The largest absolute Gasteiger partial charge is 0.341 e. The Balaban J connectivity index is 1.85. The molecule has 0 saturated carbocycles. The SMILES string of the molecule is CCn1c2ccccc2c2cc(C=Cc3ccccc3)ccc21. The summed E-state index contributed by atoms with van der Waals surface area (Å²) in [5.41, 5.74) is 5.09. The van der Waals surface area contributed by atoms with Crippen molar-refractivity contribution < 1.29 is 0 Å². The Morgan fingerprint density at radius 3 is 2.22 bits per heavy atom. The summed E-state index contributed by atoms with van der Waals surface area (Å²) < 4.78 is 2.38. The van der Waals surface area contributed by atoms with Gasteiger partial charge in [-0.1, -0.05) is 66.7 Å². The van der Waals surface area contributed by atoms with Crippen LogP contribution in [0.15, 0.2) is 72.8 Å². The summed E-state index contributed by atoms with van der Waals surface area (Å²) in [5.74, 6) is 0. The first kappa shape index (κ1) is 13.8. The molecule has 4 rings (SSSR count). The topological polar surface area (TPSA) is 4.93 Å². The van der Waals surface area contributed by atoms with Crippen molar-refractivity contribution >= 4 is 34.0 Å². The highest BCUT2D eigenvalue weighted by Crippen LogP contribution is 2.30. The molecule has 0 atom stereocenters. The standard InChI is InChI=1S/C22H19N/c1-2-23-21-11-7-6-10-19(21)20-16-18(14-15-22(20)23)13-12-17-8-4-3-5-9-17/h3-16H,2H2,1H3. The first-order valence-corrected chi connectivity index (χ1v) is 8.11. The summed E-state index contributed by atoms with van der Waals surface area (Å²) >= 11 is 0. The van der Waals surface area contributed by atoms with Gasteiger partial charge in [0.2, 0.25) is 0 Å². The van der Waals surface area contributed by atoms with Crippen LogP contribution in [0, 0.1) is 0 Å². The van der Waals surface area contributed by atoms with Crippen molar-refractivity contribution in [3.8, 4) is 0 Å². The average Bonchev–Trinajstić information content (AvgIpc) is 2.94. The molecule has 1 aromatic heterocycles. The fourth-order valence-corrected chi connectivity index (χ4v) is 3.27. The number of benzene rings is 3. The maximum absolute atomic E-state index is 2.38. The van der Waals surface area contributed by atoms with E-state index in [0.29, 0.717) is 0 Å². The third-order valence-electron chi connectivity index (χ3n) is 4.38. The van der Waals surface area contributed by atoms with Crippen LogP contribution in [0.25, 0.3) is 34.0 Å². The van der Waals surface area contributed by atoms with Gasteiger partial charge in [0.25, 0.3) is 0 Å². The number of rotatable bonds is 3. The molecule has 0 unspecified atom stereocenters. The van der Waals surface area contributed by atoms with Gasteiger partial charge in [0.1, 0.15) is 0 Å². The fraction of sp³-hybridized carbons (Fsp3) is 0.0909. The van der Waals surface area contributed by atoms with Crippen LogP contribution in [0.3, 0.4) is 0 Å². The monoisotopic (exact) mass is 297 g/mol. The first-order chi connectivity index (χ1) is 11.4. The van der Waals surface area contributed by atoms with Gasteiger partial charge in [-0.15, -0.1) is 0 Å². The van der Waals surface area contributed by atoms with Crippen LogP contribution in [0.4, 0.5) is 0 Å². The van der Waals surface area contributed by atoms with Crippen LogP contribution in [-0.4, -0.2) is 4.57 Å². The van der Waals surface area contributed by atoms with E-state index in [1.165, 1.54) is 32.9 Å². The lowest BCUT2D eigenvalue weighted by Gasteiger charge is -2.02. The smallest absolute Gasteiger partial charge is 0.0491 e. The van der Waals surface area contributed by atoms with Gasteiger partial charge >= 0.3 is 0 Å². The van der Waals surface area contributed by atoms with E-state index in [1.807, 2.05) is 6.07 Å². The van der Waals surface area contributed by atoms with Crippen molar-refractivity contribution in [2.75, 3.05) is 0 Å². The van der Waals surface area contributed by atoms with Gasteiger partial charge in [0.15, 0.2) is 0 Å². The minimum absolute atomic E-state index is 0.989. The van der Waals surface area contributed by atoms with Crippen molar-refractivity contribution in [3.05, 3.63) is 83.9 Å². The highest BCUT2D eigenvalue weighted by Gasteiger charge is 2.08. The van der Waals surface area contributed by atoms with Gasteiger partial charge < -0.3 is 4.57 Å². The van der Waals surface area contributed by atoms with Crippen molar-refractivity contribution in [1.29, 1.82) is 0 Å². The number of aromatic nitrogens is 1. The molecule has 0 fully saturated rings. The number of hydrogen-bond acceptors (Lipinski definition) is 0. The molecule has 0 aliphatic rings. The predicted molar refractivity (Wildman–Crippen MR) is 100 cm³/mol. The van der Waals surface area contributed by atoms with E-state index in [2.05, 4.69) is 90.4 Å². The number of hydrogen-bond donors (Lipinski definition) is 0. The Hall–Kier alpha value is -2.80. The van der Waals surface area contributed by atoms with Crippen LogP contribution in [0.5, 0.6) is 0 Å². The summed E-state index contributed by atoms with van der Waals surface area (Å²) in [7, 11) is 0. The van der Waals surface area contributed by atoms with E-state index in [-0.39, 0.29) is 0 Å². The molecule has 0 amide bonds. The van der Waals surface area contributed by atoms with Crippen LogP contribution in [0.2, 0.25) is 0 Å². The molecule has 23 heavy (non-hydrogen) atoms. The van der Waals surface area contributed by atoms with Crippen LogP contribution >= 0.6 is 0 Å². The highest BCUT2D eigenvalue weighted by atomic mass is 15.0. The average molecular weight is 297 g/mol. The maximum Gasteiger partial charge on any atom is 0.0491 e. The molecule has 1 heterocycles. The first-order valence-electron chi connectivity index (χ1n) is 8.11. The van der Waals surface area contributed by atoms with Gasteiger partial charge in [-0.05, 0) is 36.2 Å². The summed E-state index contributed by atoms with van der Waals surface area (Å²) in [4.78, 5) is 0. The molecule has 1 heteroatoms. The highest BCUT2D eigenvalue weighted by molar-refractivity contribution is 6.08. The lowest BCUT2D eigenvalue weighted by Crippen LogP contribution is -1.92. The van der Waals surface area contributed by atoms with Gasteiger partial charge in [0, 0.05) is 28.4 Å². The predicted octanol–water partition coefficient (Wildman–Crippen LogP) is 5.98. The van der Waals surface area contributed by atoms with Crippen LogP contribution < -0.4 is 0 Å². The van der Waals surface area contributed by atoms with Crippen LogP contribution in [0.1, 0.15) is 18.1 Å². The minimum Gasteiger partial charge on any atom is -0.341 e. The Morgan fingerprint density at radius 2 is 1.39 bits per heavy atom. The zero-order valence-corrected chi connectivity index (χ0v) is 13.2. The molecule has 4 aromatic rings. The third-order valence-corrected chi connectivity index (χ3v) is 4.38. The summed E-state index contributed by atoms with van der Waals surface area (Å²) in [6, 6.07) is 25.8. The Kier molecular flexibility index (Phi) is 3.47. The van der Waals surface area contributed by atoms with Gasteiger partial charge in [0.05, 0.1) is 0 Å². The minimum atomic E-state index is 0.989. The molecule has 0 radical (unpaired) electrons. The lowest BCUT2D eigenvalue weighted by molar-refractivity contribution is 0.827. The molecular formula is C22H19N. The number of nitrogens with zero attached hydrogens (tertiary/aromatic N) is 1. The molecule has 3 aromatic carbocycles. The van der Waals surface area contributed by atoms with E-state index < -0.39 is 0 Å². The molecule has 0 aliphatic carbocycles. The summed E-state index contributed by atoms with van der Waals surface area (Å²) in [6.07, 6.45) is 4.35. The van der Waals surface area contributed by atoms with Crippen molar-refractivity contribution in [2.24, 2.45) is 0 Å². The second kappa shape index (κ2) is 5.77. The van der Waals surface area contributed by atoms with Crippen molar-refractivity contribution in [2.45, 2.75) is 13.5 Å². The normalized spacial score (nSPS) is 11.7.